The minimum Gasteiger partial charge on any atom is -0.394 e. The molecule has 1 aromatic heterocycles. The van der Waals surface area contributed by atoms with Crippen LogP contribution < -0.4 is 0 Å². The number of amides is 1. The molecule has 1 aliphatic heterocycles. The van der Waals surface area contributed by atoms with Gasteiger partial charge in [-0.1, -0.05) is 0 Å². The number of nitrogens with zero attached hydrogens (tertiary/aromatic N) is 2. The van der Waals surface area contributed by atoms with Crippen LogP contribution in [0.15, 0.2) is 0 Å². The zero-order valence-corrected chi connectivity index (χ0v) is 14.4. The molecule has 2 atom stereocenters. The lowest BCUT2D eigenvalue weighted by Crippen LogP contribution is -2.63. The summed E-state index contributed by atoms with van der Waals surface area (Å²) in [6.07, 6.45) is 2.13. The molecule has 7 heteroatoms. The Bertz CT molecular complexity index is 573. The number of aromatic nitrogens is 2. The zero-order valence-electron chi connectivity index (χ0n) is 14.4. The maximum atomic E-state index is 12.6. The highest BCUT2D eigenvalue weighted by Crippen LogP contribution is 2.50. The summed E-state index contributed by atoms with van der Waals surface area (Å²) in [5.74, 6) is 0.110. The molecule has 2 fully saturated rings. The largest absolute Gasteiger partial charge is 0.394 e. The van der Waals surface area contributed by atoms with Crippen molar-refractivity contribution < 1.29 is 19.7 Å². The van der Waals surface area contributed by atoms with Crippen molar-refractivity contribution in [3.8, 4) is 0 Å². The van der Waals surface area contributed by atoms with Gasteiger partial charge in [-0.25, -0.2) is 0 Å². The molecule has 1 saturated heterocycles. The van der Waals surface area contributed by atoms with Crippen LogP contribution >= 0.6 is 0 Å². The number of aryl methyl sites for hydroxylation is 2. The number of nitrogens with one attached hydrogen (secondary N) is 1. The normalized spacial score (nSPS) is 25.8. The zero-order chi connectivity index (χ0) is 17.3. The molecule has 1 spiro atoms. The second kappa shape index (κ2) is 6.82. The minimum atomic E-state index is -0.364. The van der Waals surface area contributed by atoms with Crippen molar-refractivity contribution in [1.82, 2.24) is 15.1 Å². The van der Waals surface area contributed by atoms with E-state index in [0.29, 0.717) is 32.5 Å². The van der Waals surface area contributed by atoms with Gasteiger partial charge in [-0.05, 0) is 26.7 Å². The van der Waals surface area contributed by atoms with Crippen LogP contribution in [-0.4, -0.2) is 69.7 Å². The van der Waals surface area contributed by atoms with Crippen molar-refractivity contribution in [2.24, 2.45) is 5.41 Å². The summed E-state index contributed by atoms with van der Waals surface area (Å²) in [6, 6.07) is 0. The molecule has 0 unspecified atom stereocenters. The molecule has 0 aromatic carbocycles. The summed E-state index contributed by atoms with van der Waals surface area (Å²) in [5.41, 5.74) is 2.56. The number of aromatic amines is 1. The Labute approximate surface area is 142 Å². The fraction of sp³-hybridized carbons (Fsp3) is 0.765. The van der Waals surface area contributed by atoms with Crippen LogP contribution in [0.2, 0.25) is 0 Å². The Hall–Kier alpha value is -1.44. The van der Waals surface area contributed by atoms with E-state index in [4.69, 9.17) is 9.84 Å². The number of piperidine rings is 1. The highest BCUT2D eigenvalue weighted by molar-refractivity contribution is 5.79. The van der Waals surface area contributed by atoms with E-state index in [2.05, 4.69) is 10.2 Å². The number of carbonyl (C=O) groups is 1. The quantitative estimate of drug-likeness (QED) is 0.719. The number of carbonyl (C=O) groups excluding carboxylic acids is 1. The van der Waals surface area contributed by atoms with E-state index < -0.39 is 0 Å². The number of aliphatic hydroxyl groups excluding tert-OH is 2. The van der Waals surface area contributed by atoms with Crippen LogP contribution in [0.25, 0.3) is 0 Å². The van der Waals surface area contributed by atoms with E-state index in [1.165, 1.54) is 0 Å². The van der Waals surface area contributed by atoms with E-state index in [-0.39, 0.29) is 30.1 Å². The smallest absolute Gasteiger partial charge is 0.227 e. The number of likely N-dealkylation sites (tertiary alicyclic amines) is 1. The summed E-state index contributed by atoms with van der Waals surface area (Å²) in [4.78, 5) is 14.5. The Morgan fingerprint density at radius 2 is 2.12 bits per heavy atom. The molecule has 0 bridgehead atoms. The van der Waals surface area contributed by atoms with Gasteiger partial charge in [0.05, 0.1) is 37.5 Å². The molecular formula is C17H27N3O4. The Balaban J connectivity index is 1.57. The van der Waals surface area contributed by atoms with Gasteiger partial charge in [0.15, 0.2) is 0 Å². The van der Waals surface area contributed by atoms with Gasteiger partial charge in [0.2, 0.25) is 5.91 Å². The number of aliphatic hydroxyl groups is 2. The Kier molecular flexibility index (Phi) is 4.94. The second-order valence-corrected chi connectivity index (χ2v) is 7.04. The van der Waals surface area contributed by atoms with E-state index in [1.807, 2.05) is 18.7 Å². The van der Waals surface area contributed by atoms with Gasteiger partial charge in [0.25, 0.3) is 0 Å². The van der Waals surface area contributed by atoms with Crippen molar-refractivity contribution in [1.29, 1.82) is 0 Å². The fourth-order valence-corrected chi connectivity index (χ4v) is 4.08. The number of rotatable bonds is 5. The first kappa shape index (κ1) is 17.4. The first-order chi connectivity index (χ1) is 11.5. The van der Waals surface area contributed by atoms with E-state index >= 15 is 0 Å². The summed E-state index contributed by atoms with van der Waals surface area (Å²) in [5, 5.41) is 26.2. The molecular weight excluding hydrogens is 310 g/mol. The molecule has 134 valence electrons. The van der Waals surface area contributed by atoms with Crippen LogP contribution in [-0.2, 0) is 16.0 Å². The van der Waals surface area contributed by atoms with E-state index in [0.717, 1.165) is 29.8 Å². The standard InChI is InChI=1S/C17H27N3O4/c1-11-13(12(2)19-18-11)9-16(23)20-5-3-17(4-6-20)14(22)10-15(17)24-8-7-21/h14-15,21-22H,3-10H2,1-2H3,(H,18,19)/t14-,15+/m0/s1. The van der Waals surface area contributed by atoms with Gasteiger partial charge in [0, 0.05) is 36.2 Å². The molecule has 3 rings (SSSR count). The number of H-pyrrole nitrogens is 1. The Morgan fingerprint density at radius 1 is 1.42 bits per heavy atom. The van der Waals surface area contributed by atoms with Crippen LogP contribution in [0.5, 0.6) is 0 Å². The van der Waals surface area contributed by atoms with Gasteiger partial charge < -0.3 is 19.8 Å². The second-order valence-electron chi connectivity index (χ2n) is 7.04. The summed E-state index contributed by atoms with van der Waals surface area (Å²) in [6.45, 7) is 5.43. The molecule has 3 N–H and O–H groups in total. The molecule has 2 heterocycles. The van der Waals surface area contributed by atoms with Crippen LogP contribution in [0.3, 0.4) is 0 Å². The molecule has 2 aliphatic rings. The average molecular weight is 337 g/mol. The van der Waals surface area contributed by atoms with Crippen molar-refractivity contribution in [3.63, 3.8) is 0 Å². The van der Waals surface area contributed by atoms with E-state index in [9.17, 15) is 9.90 Å². The third kappa shape index (κ3) is 2.96. The lowest BCUT2D eigenvalue weighted by atomic mass is 9.58. The Morgan fingerprint density at radius 3 is 2.67 bits per heavy atom. The van der Waals surface area contributed by atoms with Gasteiger partial charge in [0.1, 0.15) is 0 Å². The SMILES string of the molecule is Cc1n[nH]c(C)c1CC(=O)N1CCC2(CC1)[C@@H](O)C[C@H]2OCCO. The van der Waals surface area contributed by atoms with Crippen molar-refractivity contribution in [2.45, 2.75) is 51.7 Å². The van der Waals surface area contributed by atoms with Crippen LogP contribution in [0.4, 0.5) is 0 Å². The number of ether oxygens (including phenoxy) is 1. The van der Waals surface area contributed by atoms with Crippen molar-refractivity contribution in [3.05, 3.63) is 17.0 Å². The molecule has 1 saturated carbocycles. The maximum Gasteiger partial charge on any atom is 0.227 e. The first-order valence-electron chi connectivity index (χ1n) is 8.66. The summed E-state index contributed by atoms with van der Waals surface area (Å²) < 4.78 is 5.68. The van der Waals surface area contributed by atoms with Gasteiger partial charge in [-0.15, -0.1) is 0 Å². The molecule has 1 amide bonds. The number of hydrogen-bond acceptors (Lipinski definition) is 5. The van der Waals surface area contributed by atoms with Crippen molar-refractivity contribution >= 4 is 5.91 Å². The molecule has 24 heavy (non-hydrogen) atoms. The molecule has 1 aliphatic carbocycles. The van der Waals surface area contributed by atoms with Gasteiger partial charge >= 0.3 is 0 Å². The van der Waals surface area contributed by atoms with E-state index in [1.54, 1.807) is 0 Å². The van der Waals surface area contributed by atoms with Crippen molar-refractivity contribution in [2.75, 3.05) is 26.3 Å². The summed E-state index contributed by atoms with van der Waals surface area (Å²) >= 11 is 0. The van der Waals surface area contributed by atoms with Gasteiger partial charge in [-0.3, -0.25) is 9.89 Å². The molecule has 0 radical (unpaired) electrons. The monoisotopic (exact) mass is 337 g/mol. The lowest BCUT2D eigenvalue weighted by molar-refractivity contribution is -0.213. The predicted molar refractivity (Wildman–Crippen MR) is 87.5 cm³/mol. The highest BCUT2D eigenvalue weighted by atomic mass is 16.5. The third-order valence-electron chi connectivity index (χ3n) is 5.81. The average Bonchev–Trinajstić information content (AvgIpc) is 2.90. The molecule has 7 nitrogen and oxygen atoms in total. The van der Waals surface area contributed by atoms with Gasteiger partial charge in [-0.2, -0.15) is 5.10 Å². The third-order valence-corrected chi connectivity index (χ3v) is 5.81. The van der Waals surface area contributed by atoms with Crippen LogP contribution in [0, 0.1) is 19.3 Å². The topological polar surface area (TPSA) is 98.7 Å². The minimum absolute atomic E-state index is 0.00329. The number of hydrogen-bond donors (Lipinski definition) is 3. The molecule has 1 aromatic rings. The maximum absolute atomic E-state index is 12.6. The first-order valence-corrected chi connectivity index (χ1v) is 8.66. The lowest BCUT2D eigenvalue weighted by Gasteiger charge is -2.56. The highest BCUT2D eigenvalue weighted by Gasteiger charge is 2.56. The predicted octanol–water partition coefficient (Wildman–Crippen LogP) is 0.320. The van der Waals surface area contributed by atoms with Crippen LogP contribution in [0.1, 0.15) is 36.2 Å². The fourth-order valence-electron chi connectivity index (χ4n) is 4.08. The summed E-state index contributed by atoms with van der Waals surface area (Å²) in [7, 11) is 0.